The molecule has 4 nitrogen and oxygen atoms in total. The predicted molar refractivity (Wildman–Crippen MR) is 85.4 cm³/mol. The Morgan fingerprint density at radius 2 is 2.10 bits per heavy atom. The van der Waals surface area contributed by atoms with E-state index in [4.69, 9.17) is 9.84 Å². The van der Waals surface area contributed by atoms with Crippen molar-refractivity contribution >= 4 is 27.5 Å². The van der Waals surface area contributed by atoms with E-state index in [0.717, 1.165) is 15.6 Å². The Balaban J connectivity index is 1.92. The number of carbonyl (C=O) groups is 1. The Bertz CT molecular complexity index is 643. The molecular formula is C16H16BrNO3. The van der Waals surface area contributed by atoms with Gasteiger partial charge in [0.15, 0.2) is 6.61 Å². The molecule has 2 aromatic carbocycles. The lowest BCUT2D eigenvalue weighted by Crippen LogP contribution is -2.20. The van der Waals surface area contributed by atoms with Gasteiger partial charge in [-0.25, -0.2) is 0 Å². The van der Waals surface area contributed by atoms with E-state index in [0.29, 0.717) is 11.4 Å². The van der Waals surface area contributed by atoms with Crippen molar-refractivity contribution in [3.63, 3.8) is 0 Å². The molecular weight excluding hydrogens is 334 g/mol. The first-order valence-electron chi connectivity index (χ1n) is 6.47. The van der Waals surface area contributed by atoms with Crippen LogP contribution in [0.15, 0.2) is 46.9 Å². The fourth-order valence-corrected chi connectivity index (χ4v) is 2.42. The molecule has 21 heavy (non-hydrogen) atoms. The summed E-state index contributed by atoms with van der Waals surface area (Å²) in [6, 6.07) is 12.7. The van der Waals surface area contributed by atoms with Crippen molar-refractivity contribution in [1.29, 1.82) is 0 Å². The molecule has 0 spiro atoms. The second-order valence-electron chi connectivity index (χ2n) is 4.63. The number of anilines is 1. The first-order chi connectivity index (χ1) is 10.1. The van der Waals surface area contributed by atoms with Crippen molar-refractivity contribution in [3.8, 4) is 5.75 Å². The first-order valence-corrected chi connectivity index (χ1v) is 7.26. The van der Waals surface area contributed by atoms with Gasteiger partial charge in [-0.05, 0) is 58.2 Å². The number of benzene rings is 2. The van der Waals surface area contributed by atoms with Crippen molar-refractivity contribution < 1.29 is 14.6 Å². The minimum Gasteiger partial charge on any atom is -0.483 e. The SMILES string of the molecule is Cc1ccc(OCC(=O)Nc2cccc(CO)c2)c(Br)c1. The maximum absolute atomic E-state index is 11.8. The van der Waals surface area contributed by atoms with Crippen LogP contribution in [-0.4, -0.2) is 17.6 Å². The van der Waals surface area contributed by atoms with E-state index in [1.807, 2.05) is 25.1 Å². The molecule has 0 unspecified atom stereocenters. The molecule has 0 aromatic heterocycles. The zero-order chi connectivity index (χ0) is 15.2. The summed E-state index contributed by atoms with van der Waals surface area (Å²) in [5, 5.41) is 11.8. The molecule has 0 aliphatic heterocycles. The van der Waals surface area contributed by atoms with Gasteiger partial charge in [-0.3, -0.25) is 4.79 Å². The van der Waals surface area contributed by atoms with Crippen LogP contribution < -0.4 is 10.1 Å². The quantitative estimate of drug-likeness (QED) is 0.870. The van der Waals surface area contributed by atoms with Crippen LogP contribution in [0.2, 0.25) is 0 Å². The van der Waals surface area contributed by atoms with Crippen LogP contribution in [0, 0.1) is 6.92 Å². The normalized spacial score (nSPS) is 10.2. The van der Waals surface area contributed by atoms with Crippen LogP contribution in [-0.2, 0) is 11.4 Å². The lowest BCUT2D eigenvalue weighted by Gasteiger charge is -2.10. The number of rotatable bonds is 5. The first kappa shape index (κ1) is 15.5. The van der Waals surface area contributed by atoms with Crippen LogP contribution in [0.3, 0.4) is 0 Å². The standard InChI is InChI=1S/C16H16BrNO3/c1-11-5-6-15(14(17)7-11)21-10-16(20)18-13-4-2-3-12(8-13)9-19/h2-8,19H,9-10H2,1H3,(H,18,20). The topological polar surface area (TPSA) is 58.6 Å². The summed E-state index contributed by atoms with van der Waals surface area (Å²) < 4.78 is 6.29. The van der Waals surface area contributed by atoms with Gasteiger partial charge in [0, 0.05) is 5.69 Å². The lowest BCUT2D eigenvalue weighted by atomic mass is 10.2. The van der Waals surface area contributed by atoms with Crippen molar-refractivity contribution in [2.75, 3.05) is 11.9 Å². The molecule has 0 radical (unpaired) electrons. The fraction of sp³-hybridized carbons (Fsp3) is 0.188. The predicted octanol–water partition coefficient (Wildman–Crippen LogP) is 3.27. The number of nitrogens with one attached hydrogen (secondary N) is 1. The largest absolute Gasteiger partial charge is 0.483 e. The Morgan fingerprint density at radius 3 is 2.81 bits per heavy atom. The molecule has 0 heterocycles. The number of hydrogen-bond acceptors (Lipinski definition) is 3. The zero-order valence-corrected chi connectivity index (χ0v) is 13.2. The van der Waals surface area contributed by atoms with E-state index in [1.54, 1.807) is 24.3 Å². The van der Waals surface area contributed by atoms with Crippen molar-refractivity contribution in [1.82, 2.24) is 0 Å². The molecule has 2 rings (SSSR count). The number of amides is 1. The summed E-state index contributed by atoms with van der Waals surface area (Å²) in [5.74, 6) is 0.373. The van der Waals surface area contributed by atoms with Crippen molar-refractivity contribution in [3.05, 3.63) is 58.1 Å². The van der Waals surface area contributed by atoms with Gasteiger partial charge in [0.25, 0.3) is 5.91 Å². The third kappa shape index (κ3) is 4.58. The number of aliphatic hydroxyl groups is 1. The van der Waals surface area contributed by atoms with Gasteiger partial charge in [-0.2, -0.15) is 0 Å². The molecule has 110 valence electrons. The Labute approximate surface area is 131 Å². The van der Waals surface area contributed by atoms with Gasteiger partial charge in [0.1, 0.15) is 5.75 Å². The van der Waals surface area contributed by atoms with E-state index < -0.39 is 0 Å². The molecule has 0 aliphatic rings. The van der Waals surface area contributed by atoms with Gasteiger partial charge in [-0.15, -0.1) is 0 Å². The number of carbonyl (C=O) groups excluding carboxylic acids is 1. The van der Waals surface area contributed by atoms with E-state index in [-0.39, 0.29) is 19.1 Å². The van der Waals surface area contributed by atoms with Crippen LogP contribution in [0.25, 0.3) is 0 Å². The number of ether oxygens (including phenoxy) is 1. The highest BCUT2D eigenvalue weighted by Gasteiger charge is 2.06. The number of aliphatic hydroxyl groups excluding tert-OH is 1. The van der Waals surface area contributed by atoms with Crippen LogP contribution in [0.5, 0.6) is 5.75 Å². The van der Waals surface area contributed by atoms with Crippen LogP contribution in [0.1, 0.15) is 11.1 Å². The average molecular weight is 350 g/mol. The molecule has 0 saturated carbocycles. The highest BCUT2D eigenvalue weighted by Crippen LogP contribution is 2.25. The van der Waals surface area contributed by atoms with Crippen LogP contribution in [0.4, 0.5) is 5.69 Å². The number of halogens is 1. The molecule has 0 fully saturated rings. The Kier molecular flexibility index (Phi) is 5.36. The second kappa shape index (κ2) is 7.24. The Hall–Kier alpha value is -1.85. The summed E-state index contributed by atoms with van der Waals surface area (Å²) in [7, 11) is 0. The minimum atomic E-state index is -0.252. The highest BCUT2D eigenvalue weighted by atomic mass is 79.9. The number of aryl methyl sites for hydroxylation is 1. The summed E-state index contributed by atoms with van der Waals surface area (Å²) in [6.45, 7) is 1.84. The molecule has 1 amide bonds. The van der Waals surface area contributed by atoms with E-state index in [9.17, 15) is 4.79 Å². The molecule has 0 bridgehead atoms. The second-order valence-corrected chi connectivity index (χ2v) is 5.48. The summed E-state index contributed by atoms with van der Waals surface area (Å²) in [5.41, 5.74) is 2.49. The number of hydrogen-bond donors (Lipinski definition) is 2. The lowest BCUT2D eigenvalue weighted by molar-refractivity contribution is -0.118. The molecule has 0 aliphatic carbocycles. The van der Waals surface area contributed by atoms with Crippen molar-refractivity contribution in [2.45, 2.75) is 13.5 Å². The summed E-state index contributed by atoms with van der Waals surface area (Å²) in [6.07, 6.45) is 0. The third-order valence-corrected chi connectivity index (χ3v) is 3.46. The molecule has 0 saturated heterocycles. The maximum Gasteiger partial charge on any atom is 0.262 e. The van der Waals surface area contributed by atoms with Gasteiger partial charge in [0.2, 0.25) is 0 Å². The summed E-state index contributed by atoms with van der Waals surface area (Å²) in [4.78, 5) is 11.8. The minimum absolute atomic E-state index is 0.0590. The van der Waals surface area contributed by atoms with E-state index in [2.05, 4.69) is 21.2 Å². The maximum atomic E-state index is 11.8. The molecule has 2 N–H and O–H groups in total. The zero-order valence-electron chi connectivity index (χ0n) is 11.6. The molecule has 0 atom stereocenters. The average Bonchev–Trinajstić information content (AvgIpc) is 2.46. The fourth-order valence-electron chi connectivity index (χ4n) is 1.81. The highest BCUT2D eigenvalue weighted by molar-refractivity contribution is 9.10. The van der Waals surface area contributed by atoms with Crippen molar-refractivity contribution in [2.24, 2.45) is 0 Å². The van der Waals surface area contributed by atoms with Gasteiger partial charge >= 0.3 is 0 Å². The van der Waals surface area contributed by atoms with Crippen LogP contribution >= 0.6 is 15.9 Å². The Morgan fingerprint density at radius 1 is 1.29 bits per heavy atom. The molecule has 5 heteroatoms. The van der Waals surface area contributed by atoms with Gasteiger partial charge < -0.3 is 15.2 Å². The smallest absolute Gasteiger partial charge is 0.262 e. The third-order valence-electron chi connectivity index (χ3n) is 2.84. The molecule has 2 aromatic rings. The van der Waals surface area contributed by atoms with E-state index >= 15 is 0 Å². The van der Waals surface area contributed by atoms with Gasteiger partial charge in [-0.1, -0.05) is 18.2 Å². The van der Waals surface area contributed by atoms with E-state index in [1.165, 1.54) is 0 Å². The van der Waals surface area contributed by atoms with Gasteiger partial charge in [0.05, 0.1) is 11.1 Å². The monoisotopic (exact) mass is 349 g/mol. The summed E-state index contributed by atoms with van der Waals surface area (Å²) >= 11 is 3.40.